The molecule has 5 atom stereocenters. The largest absolute Gasteiger partial charge is 0.493 e. The molecule has 3 aliphatic carbocycles. The number of likely N-dealkylation sites (tertiary alicyclic amines) is 1. The van der Waals surface area contributed by atoms with E-state index < -0.39 is 0 Å². The van der Waals surface area contributed by atoms with Gasteiger partial charge in [-0.2, -0.15) is 0 Å². The van der Waals surface area contributed by atoms with E-state index in [0.29, 0.717) is 23.3 Å². The number of hydrogen-bond donors (Lipinski definition) is 1. The lowest BCUT2D eigenvalue weighted by Gasteiger charge is -2.42. The summed E-state index contributed by atoms with van der Waals surface area (Å²) in [5.41, 5.74) is 2.10. The van der Waals surface area contributed by atoms with E-state index in [1.807, 2.05) is 0 Å². The highest BCUT2D eigenvalue weighted by molar-refractivity contribution is 5.40. The number of nitrogens with one attached hydrogen (secondary N) is 1. The van der Waals surface area contributed by atoms with Crippen LogP contribution in [-0.4, -0.2) is 51.3 Å². The molecule has 2 saturated heterocycles. The molecule has 0 aromatic heterocycles. The molecule has 0 spiro atoms. The third kappa shape index (κ3) is 2.57. The molecule has 26 heavy (non-hydrogen) atoms. The highest BCUT2D eigenvalue weighted by atomic mass is 16.5. The van der Waals surface area contributed by atoms with Crippen LogP contribution in [0.5, 0.6) is 0 Å². The van der Waals surface area contributed by atoms with Gasteiger partial charge in [0.1, 0.15) is 0 Å². The van der Waals surface area contributed by atoms with Gasteiger partial charge in [-0.15, -0.1) is 0 Å². The SMILES string of the molecule is COC1=CC2CCN(C3C=CC(C45CNCC4C5)=CC3)CC2C=C1OC. The van der Waals surface area contributed by atoms with Crippen LogP contribution in [0.4, 0.5) is 0 Å². The first-order chi connectivity index (χ1) is 12.7. The van der Waals surface area contributed by atoms with Crippen molar-refractivity contribution >= 4 is 0 Å². The van der Waals surface area contributed by atoms with Gasteiger partial charge in [-0.3, -0.25) is 4.90 Å². The standard InChI is InChI=1S/C22H30N2O2/c1-25-20-9-15-7-8-24(13-16(15)10-21(20)26-2)19-5-3-17(4-6-19)22-11-18(22)12-23-14-22/h3-5,9-10,15-16,18-19,23H,6-8,11-14H2,1-2H3. The van der Waals surface area contributed by atoms with Gasteiger partial charge in [0.25, 0.3) is 0 Å². The van der Waals surface area contributed by atoms with E-state index in [9.17, 15) is 0 Å². The van der Waals surface area contributed by atoms with Crippen LogP contribution in [0, 0.1) is 23.2 Å². The number of hydrogen-bond acceptors (Lipinski definition) is 4. The molecule has 1 saturated carbocycles. The van der Waals surface area contributed by atoms with Crippen LogP contribution >= 0.6 is 0 Å². The molecule has 2 aliphatic heterocycles. The average molecular weight is 354 g/mol. The summed E-state index contributed by atoms with van der Waals surface area (Å²) in [4.78, 5) is 2.66. The van der Waals surface area contributed by atoms with E-state index in [1.54, 1.807) is 19.8 Å². The second kappa shape index (κ2) is 6.28. The van der Waals surface area contributed by atoms with Crippen molar-refractivity contribution in [3.8, 4) is 0 Å². The van der Waals surface area contributed by atoms with Crippen LogP contribution in [-0.2, 0) is 9.47 Å². The maximum absolute atomic E-state index is 5.53. The minimum atomic E-state index is 0.495. The number of fused-ring (bicyclic) bond motifs is 2. The highest BCUT2D eigenvalue weighted by Gasteiger charge is 2.58. The Bertz CT molecular complexity index is 707. The fourth-order valence-electron chi connectivity index (χ4n) is 5.64. The topological polar surface area (TPSA) is 33.7 Å². The third-order valence-electron chi connectivity index (χ3n) is 7.34. The van der Waals surface area contributed by atoms with Gasteiger partial charge in [-0.25, -0.2) is 0 Å². The van der Waals surface area contributed by atoms with Crippen LogP contribution in [0.1, 0.15) is 19.3 Å². The normalized spacial score (nSPS) is 41.5. The Kier molecular flexibility index (Phi) is 4.02. The Balaban J connectivity index is 1.25. The molecule has 0 amide bonds. The van der Waals surface area contributed by atoms with Gasteiger partial charge in [0.2, 0.25) is 0 Å². The van der Waals surface area contributed by atoms with Crippen LogP contribution in [0.2, 0.25) is 0 Å². The lowest BCUT2D eigenvalue weighted by atomic mass is 9.80. The van der Waals surface area contributed by atoms with Crippen LogP contribution in [0.15, 0.2) is 47.5 Å². The molecule has 2 heterocycles. The Labute approximate surface area is 156 Å². The van der Waals surface area contributed by atoms with Crippen molar-refractivity contribution in [1.82, 2.24) is 10.2 Å². The van der Waals surface area contributed by atoms with Crippen molar-refractivity contribution in [3.05, 3.63) is 47.5 Å². The van der Waals surface area contributed by atoms with Gasteiger partial charge in [0.15, 0.2) is 11.5 Å². The molecule has 4 heteroatoms. The fraction of sp³-hybridized carbons (Fsp3) is 0.636. The van der Waals surface area contributed by atoms with E-state index in [2.05, 4.69) is 40.6 Å². The van der Waals surface area contributed by atoms with Crippen LogP contribution in [0.3, 0.4) is 0 Å². The molecule has 4 nitrogen and oxygen atoms in total. The van der Waals surface area contributed by atoms with Gasteiger partial charge in [-0.1, -0.05) is 18.2 Å². The van der Waals surface area contributed by atoms with Crippen molar-refractivity contribution in [1.29, 1.82) is 0 Å². The molecule has 3 fully saturated rings. The quantitative estimate of drug-likeness (QED) is 0.842. The molecule has 0 bridgehead atoms. The van der Waals surface area contributed by atoms with Crippen LogP contribution < -0.4 is 5.32 Å². The first-order valence-corrected chi connectivity index (χ1v) is 10.1. The summed E-state index contributed by atoms with van der Waals surface area (Å²) >= 11 is 0. The maximum Gasteiger partial charge on any atom is 0.156 e. The van der Waals surface area contributed by atoms with Crippen molar-refractivity contribution in [2.75, 3.05) is 40.4 Å². The molecular formula is C22H30N2O2. The predicted octanol–water partition coefficient (Wildman–Crippen LogP) is 2.86. The smallest absolute Gasteiger partial charge is 0.156 e. The molecule has 0 aromatic rings. The van der Waals surface area contributed by atoms with E-state index in [4.69, 9.17) is 9.47 Å². The van der Waals surface area contributed by atoms with E-state index >= 15 is 0 Å². The maximum atomic E-state index is 5.53. The molecule has 0 aromatic carbocycles. The summed E-state index contributed by atoms with van der Waals surface area (Å²) in [6, 6.07) is 0.551. The minimum absolute atomic E-state index is 0.495. The van der Waals surface area contributed by atoms with Gasteiger partial charge in [0, 0.05) is 30.5 Å². The average Bonchev–Trinajstić information content (AvgIpc) is 3.27. The lowest BCUT2D eigenvalue weighted by molar-refractivity contribution is 0.123. The zero-order valence-electron chi connectivity index (χ0n) is 15.9. The molecule has 1 N–H and O–H groups in total. The third-order valence-corrected chi connectivity index (χ3v) is 7.34. The summed E-state index contributed by atoms with van der Waals surface area (Å²) in [5.74, 6) is 3.80. The first kappa shape index (κ1) is 16.6. The van der Waals surface area contributed by atoms with Crippen molar-refractivity contribution in [2.45, 2.75) is 25.3 Å². The highest BCUT2D eigenvalue weighted by Crippen LogP contribution is 2.60. The minimum Gasteiger partial charge on any atom is -0.493 e. The number of piperidine rings is 2. The van der Waals surface area contributed by atoms with Crippen molar-refractivity contribution < 1.29 is 9.47 Å². The van der Waals surface area contributed by atoms with Crippen LogP contribution in [0.25, 0.3) is 0 Å². The van der Waals surface area contributed by atoms with Crippen molar-refractivity contribution in [3.63, 3.8) is 0 Å². The number of ether oxygens (including phenoxy) is 2. The van der Waals surface area contributed by atoms with Gasteiger partial charge in [-0.05, 0) is 61.9 Å². The zero-order valence-corrected chi connectivity index (χ0v) is 15.9. The van der Waals surface area contributed by atoms with Gasteiger partial charge < -0.3 is 14.8 Å². The van der Waals surface area contributed by atoms with Gasteiger partial charge >= 0.3 is 0 Å². The molecule has 5 aliphatic rings. The molecule has 5 rings (SSSR count). The summed E-state index contributed by atoms with van der Waals surface area (Å²) in [6.45, 7) is 4.68. The van der Waals surface area contributed by atoms with E-state index in [0.717, 1.165) is 36.9 Å². The van der Waals surface area contributed by atoms with E-state index in [-0.39, 0.29) is 0 Å². The summed E-state index contributed by atoms with van der Waals surface area (Å²) in [5, 5.41) is 3.56. The second-order valence-electron chi connectivity index (χ2n) is 8.59. The second-order valence-corrected chi connectivity index (χ2v) is 8.59. The molecular weight excluding hydrogens is 324 g/mol. The Morgan fingerprint density at radius 3 is 2.58 bits per heavy atom. The number of allylic oxidation sites excluding steroid dienone is 2. The number of methoxy groups -OCH3 is 2. The first-order valence-electron chi connectivity index (χ1n) is 10.1. The molecule has 140 valence electrons. The molecule has 5 unspecified atom stereocenters. The number of rotatable bonds is 4. The lowest BCUT2D eigenvalue weighted by Crippen LogP contribution is -2.45. The summed E-state index contributed by atoms with van der Waals surface area (Å²) in [7, 11) is 3.47. The number of nitrogens with zero attached hydrogens (tertiary/aromatic N) is 1. The Morgan fingerprint density at radius 2 is 1.96 bits per heavy atom. The molecule has 0 radical (unpaired) electrons. The fourth-order valence-corrected chi connectivity index (χ4v) is 5.64. The summed E-state index contributed by atoms with van der Waals surface area (Å²) < 4.78 is 11.0. The van der Waals surface area contributed by atoms with E-state index in [1.165, 1.54) is 25.9 Å². The zero-order chi connectivity index (χ0) is 17.7. The van der Waals surface area contributed by atoms with Gasteiger partial charge in [0.05, 0.1) is 14.2 Å². The predicted molar refractivity (Wildman–Crippen MR) is 102 cm³/mol. The summed E-state index contributed by atoms with van der Waals surface area (Å²) in [6.07, 6.45) is 15.7. The Hall–Kier alpha value is -1.52. The Morgan fingerprint density at radius 1 is 1.15 bits per heavy atom. The van der Waals surface area contributed by atoms with Crippen molar-refractivity contribution in [2.24, 2.45) is 23.2 Å². The monoisotopic (exact) mass is 354 g/mol.